The van der Waals surface area contributed by atoms with Crippen LogP contribution in [-0.2, 0) is 0 Å². The van der Waals surface area contributed by atoms with Crippen LogP contribution in [0.2, 0.25) is 0 Å². The van der Waals surface area contributed by atoms with Gasteiger partial charge in [0.25, 0.3) is 0 Å². The molecule has 1 atom stereocenters. The van der Waals surface area contributed by atoms with Gasteiger partial charge in [-0.25, -0.2) is 9.98 Å². The van der Waals surface area contributed by atoms with Crippen LogP contribution in [0.5, 0.6) is 0 Å². The van der Waals surface area contributed by atoms with Crippen molar-refractivity contribution in [1.29, 1.82) is 0 Å². The van der Waals surface area contributed by atoms with E-state index in [9.17, 15) is 0 Å². The molecule has 0 saturated carbocycles. The molecule has 0 bridgehead atoms. The summed E-state index contributed by atoms with van der Waals surface area (Å²) in [7, 11) is 0. The molecule has 254 valence electrons. The van der Waals surface area contributed by atoms with Crippen LogP contribution in [0.15, 0.2) is 195 Å². The third-order valence-electron chi connectivity index (χ3n) is 10.5. The number of amidine groups is 2. The third-order valence-corrected chi connectivity index (χ3v) is 10.5. The average molecular weight is 694 g/mol. The van der Waals surface area contributed by atoms with E-state index in [1.807, 2.05) is 48.5 Å². The highest BCUT2D eigenvalue weighted by molar-refractivity contribution is 6.21. The van der Waals surface area contributed by atoms with Crippen molar-refractivity contribution in [3.05, 3.63) is 193 Å². The fourth-order valence-electron chi connectivity index (χ4n) is 7.97. The Morgan fingerprint density at radius 1 is 0.426 bits per heavy atom. The van der Waals surface area contributed by atoms with Gasteiger partial charge in [-0.15, -0.1) is 0 Å². The fraction of sp³-hybridized carbons (Fsp3) is 0.0204. The van der Waals surface area contributed by atoms with Crippen LogP contribution >= 0.6 is 0 Å². The number of fused-ring (bicyclic) bond motifs is 7. The second kappa shape index (κ2) is 12.2. The highest BCUT2D eigenvalue weighted by atomic mass is 16.3. The number of benzene rings is 8. The Morgan fingerprint density at radius 2 is 1.09 bits per heavy atom. The van der Waals surface area contributed by atoms with Gasteiger partial charge in [-0.3, -0.25) is 0 Å². The summed E-state index contributed by atoms with van der Waals surface area (Å²) in [6, 6.07) is 61.1. The number of nitrogens with one attached hydrogen (secondary N) is 1. The van der Waals surface area contributed by atoms with Crippen molar-refractivity contribution in [2.45, 2.75) is 6.17 Å². The number of hydrogen-bond donors (Lipinski definition) is 1. The number of aliphatic imine (C=N–C) groups is 2. The predicted molar refractivity (Wildman–Crippen MR) is 221 cm³/mol. The molecule has 10 aromatic rings. The Kier molecular flexibility index (Phi) is 6.85. The standard InChI is InChI=1S/C49H31N3O2/c1-3-12-30(13-4-1)36-26-27-43-45(39-17-8-10-21-42(39)53-43)44(36)34-24-22-33-29-35(25-23-32(33)28-34)48-50-47(31-14-5-2-6-15-31)51-49(52-48)40-19-11-18-38-37-16-7-9-20-41(37)54-46(38)40/h1-29,48H,(H,50,51,52). The second-order valence-corrected chi connectivity index (χ2v) is 13.7. The van der Waals surface area contributed by atoms with E-state index in [0.717, 1.165) is 88.6 Å². The molecule has 0 fully saturated rings. The molecule has 8 aromatic carbocycles. The number of nitrogens with zero attached hydrogens (tertiary/aromatic N) is 2. The Bertz CT molecular complexity index is 3140. The zero-order valence-corrected chi connectivity index (χ0v) is 29.0. The molecule has 0 saturated heterocycles. The van der Waals surface area contributed by atoms with Gasteiger partial charge < -0.3 is 14.2 Å². The number of para-hydroxylation sites is 3. The number of rotatable bonds is 5. The van der Waals surface area contributed by atoms with E-state index in [0.29, 0.717) is 0 Å². The van der Waals surface area contributed by atoms with Gasteiger partial charge in [-0.05, 0) is 69.4 Å². The van der Waals surface area contributed by atoms with Crippen molar-refractivity contribution in [3.8, 4) is 22.3 Å². The van der Waals surface area contributed by atoms with Crippen molar-refractivity contribution >= 4 is 66.3 Å². The minimum absolute atomic E-state index is 0.462. The summed E-state index contributed by atoms with van der Waals surface area (Å²) in [6.07, 6.45) is -0.462. The maximum atomic E-state index is 6.44. The van der Waals surface area contributed by atoms with Crippen molar-refractivity contribution in [2.75, 3.05) is 0 Å². The molecular weight excluding hydrogens is 663 g/mol. The van der Waals surface area contributed by atoms with E-state index < -0.39 is 6.17 Å². The Balaban J connectivity index is 1.05. The summed E-state index contributed by atoms with van der Waals surface area (Å²) in [5.74, 6) is 1.49. The van der Waals surface area contributed by atoms with Gasteiger partial charge in [-0.2, -0.15) is 0 Å². The quantitative estimate of drug-likeness (QED) is 0.195. The first-order valence-electron chi connectivity index (χ1n) is 18.2. The molecular formula is C49H31N3O2. The second-order valence-electron chi connectivity index (χ2n) is 13.7. The molecule has 0 spiro atoms. The van der Waals surface area contributed by atoms with Crippen molar-refractivity contribution in [2.24, 2.45) is 9.98 Å². The summed E-state index contributed by atoms with van der Waals surface area (Å²) in [5, 5.41) is 10.2. The monoisotopic (exact) mass is 693 g/mol. The van der Waals surface area contributed by atoms with E-state index in [2.05, 4.69) is 133 Å². The smallest absolute Gasteiger partial charge is 0.169 e. The van der Waals surface area contributed by atoms with Gasteiger partial charge in [0, 0.05) is 32.7 Å². The van der Waals surface area contributed by atoms with Gasteiger partial charge in [0.1, 0.15) is 34.0 Å². The number of hydrogen-bond acceptors (Lipinski definition) is 5. The minimum atomic E-state index is -0.462. The highest BCUT2D eigenvalue weighted by Crippen LogP contribution is 2.43. The zero-order chi connectivity index (χ0) is 35.6. The first-order chi connectivity index (χ1) is 26.7. The first kappa shape index (κ1) is 30.4. The molecule has 2 aromatic heterocycles. The molecule has 11 rings (SSSR count). The van der Waals surface area contributed by atoms with Gasteiger partial charge in [0.05, 0.1) is 5.56 Å². The maximum absolute atomic E-state index is 6.44. The average Bonchev–Trinajstić information content (AvgIpc) is 3.82. The van der Waals surface area contributed by atoms with Crippen LogP contribution in [0.25, 0.3) is 76.9 Å². The Hall–Kier alpha value is -7.24. The molecule has 0 amide bonds. The molecule has 0 aliphatic carbocycles. The van der Waals surface area contributed by atoms with E-state index in [4.69, 9.17) is 18.8 Å². The molecule has 0 radical (unpaired) electrons. The summed E-state index contributed by atoms with van der Waals surface area (Å²) in [4.78, 5) is 10.4. The first-order valence-corrected chi connectivity index (χ1v) is 18.2. The zero-order valence-electron chi connectivity index (χ0n) is 29.0. The highest BCUT2D eigenvalue weighted by Gasteiger charge is 2.24. The summed E-state index contributed by atoms with van der Waals surface area (Å²) >= 11 is 0. The lowest BCUT2D eigenvalue weighted by Gasteiger charge is -2.22. The minimum Gasteiger partial charge on any atom is -0.456 e. The molecule has 5 nitrogen and oxygen atoms in total. The molecule has 1 N–H and O–H groups in total. The van der Waals surface area contributed by atoms with Gasteiger partial charge >= 0.3 is 0 Å². The maximum Gasteiger partial charge on any atom is 0.169 e. The van der Waals surface area contributed by atoms with Crippen LogP contribution in [0, 0.1) is 0 Å². The van der Waals surface area contributed by atoms with Gasteiger partial charge in [-0.1, -0.05) is 140 Å². The molecule has 1 aliphatic rings. The van der Waals surface area contributed by atoms with Crippen LogP contribution in [0.1, 0.15) is 22.9 Å². The van der Waals surface area contributed by atoms with Crippen LogP contribution in [-0.4, -0.2) is 11.7 Å². The molecule has 5 heteroatoms. The molecule has 1 aliphatic heterocycles. The van der Waals surface area contributed by atoms with E-state index in [1.165, 1.54) is 16.7 Å². The topological polar surface area (TPSA) is 63.0 Å². The lowest BCUT2D eigenvalue weighted by molar-refractivity contribution is 0.667. The number of furan rings is 2. The normalized spacial score (nSPS) is 14.5. The fourth-order valence-corrected chi connectivity index (χ4v) is 7.97. The van der Waals surface area contributed by atoms with Crippen molar-refractivity contribution in [3.63, 3.8) is 0 Å². The SMILES string of the molecule is c1ccc(C2=NC(c3ccc4cc(-c5c(-c6ccccc6)ccc6oc7ccccc7c56)ccc4c3)N=C(c3cccc4c3oc3ccccc34)N2)cc1. The third kappa shape index (κ3) is 4.94. The van der Waals surface area contributed by atoms with E-state index in [-0.39, 0.29) is 0 Å². The Morgan fingerprint density at radius 3 is 1.93 bits per heavy atom. The van der Waals surface area contributed by atoms with Gasteiger partial charge in [0.15, 0.2) is 6.17 Å². The summed E-state index contributed by atoms with van der Waals surface area (Å²) < 4.78 is 12.8. The van der Waals surface area contributed by atoms with Crippen LogP contribution in [0.3, 0.4) is 0 Å². The van der Waals surface area contributed by atoms with Crippen molar-refractivity contribution < 1.29 is 8.83 Å². The van der Waals surface area contributed by atoms with E-state index >= 15 is 0 Å². The molecule has 1 unspecified atom stereocenters. The summed E-state index contributed by atoms with van der Waals surface area (Å²) in [5.41, 5.74) is 11.0. The van der Waals surface area contributed by atoms with E-state index in [1.54, 1.807) is 0 Å². The van der Waals surface area contributed by atoms with Crippen LogP contribution in [0.4, 0.5) is 0 Å². The van der Waals surface area contributed by atoms with Crippen LogP contribution < -0.4 is 5.32 Å². The predicted octanol–water partition coefficient (Wildman–Crippen LogP) is 12.5. The largest absolute Gasteiger partial charge is 0.456 e. The lowest BCUT2D eigenvalue weighted by Crippen LogP contribution is -2.36. The van der Waals surface area contributed by atoms with Gasteiger partial charge in [0.2, 0.25) is 0 Å². The Labute approximate surface area is 310 Å². The lowest BCUT2D eigenvalue weighted by atomic mass is 9.89. The van der Waals surface area contributed by atoms with Crippen molar-refractivity contribution in [1.82, 2.24) is 5.32 Å². The summed E-state index contributed by atoms with van der Waals surface area (Å²) in [6.45, 7) is 0. The molecule has 54 heavy (non-hydrogen) atoms. The molecule has 3 heterocycles.